The molecule has 9 heteroatoms. The van der Waals surface area contributed by atoms with Crippen LogP contribution in [0.15, 0.2) is 81.1 Å². The molecule has 0 atom stereocenters. The van der Waals surface area contributed by atoms with Crippen LogP contribution in [-0.2, 0) is 16.1 Å². The molecule has 1 fully saturated rings. The Morgan fingerprint density at radius 2 is 1.84 bits per heavy atom. The molecule has 192 valence electrons. The minimum Gasteiger partial charge on any atom is -0.493 e. The fourth-order valence-corrected chi connectivity index (χ4v) is 4.97. The van der Waals surface area contributed by atoms with Crippen LogP contribution in [0.2, 0.25) is 0 Å². The molecule has 0 aromatic heterocycles. The summed E-state index contributed by atoms with van der Waals surface area (Å²) in [6.45, 7) is 3.57. The van der Waals surface area contributed by atoms with Gasteiger partial charge in [-0.1, -0.05) is 46.3 Å². The molecule has 0 saturated carbocycles. The zero-order chi connectivity index (χ0) is 26.2. The number of para-hydroxylation sites is 1. The van der Waals surface area contributed by atoms with E-state index < -0.39 is 0 Å². The van der Waals surface area contributed by atoms with Crippen LogP contribution in [0.1, 0.15) is 18.1 Å². The Hall–Kier alpha value is -3.14. The van der Waals surface area contributed by atoms with Gasteiger partial charge in [-0.05, 0) is 72.3 Å². The van der Waals surface area contributed by atoms with E-state index in [9.17, 15) is 9.18 Å². The summed E-state index contributed by atoms with van der Waals surface area (Å²) in [5, 5.41) is 0.601. The molecule has 0 N–H and O–H groups in total. The van der Waals surface area contributed by atoms with Gasteiger partial charge in [0.25, 0.3) is 5.91 Å². The first-order valence-electron chi connectivity index (χ1n) is 11.7. The number of nitrogens with zero attached hydrogens (tertiary/aromatic N) is 2. The third kappa shape index (κ3) is 7.00. The smallest absolute Gasteiger partial charge is 0.266 e. The maximum Gasteiger partial charge on any atom is 0.266 e. The molecule has 1 amide bonds. The van der Waals surface area contributed by atoms with Crippen LogP contribution in [0.4, 0.5) is 10.1 Å². The Labute approximate surface area is 228 Å². The number of methoxy groups -OCH3 is 1. The zero-order valence-corrected chi connectivity index (χ0v) is 22.9. The Morgan fingerprint density at radius 3 is 2.54 bits per heavy atom. The highest BCUT2D eigenvalue weighted by atomic mass is 79.9. The summed E-state index contributed by atoms with van der Waals surface area (Å²) in [6, 6.07) is 19.3. The summed E-state index contributed by atoms with van der Waals surface area (Å²) in [7, 11) is 1.56. The quantitative estimate of drug-likeness (QED) is 0.193. The third-order valence-electron chi connectivity index (χ3n) is 5.41. The second-order valence-electron chi connectivity index (χ2n) is 7.93. The molecule has 1 aliphatic heterocycles. The highest BCUT2D eigenvalue weighted by Crippen LogP contribution is 2.39. The lowest BCUT2D eigenvalue weighted by molar-refractivity contribution is -0.122. The average Bonchev–Trinajstić information content (AvgIpc) is 3.19. The molecule has 6 nitrogen and oxygen atoms in total. The lowest BCUT2D eigenvalue weighted by Gasteiger charge is -2.15. The standard InChI is InChI=1S/C28H26BrFN2O4S/c1-3-35-14-13-32-27(33)26(37-28(32)31-22-7-5-4-6-8-22)16-20-15-24(34-2)25(17-23(20)29)36-18-19-9-11-21(30)12-10-19/h4-12,15-17H,3,13-14,18H2,1-2H3/b26-16-,31-28?. The van der Waals surface area contributed by atoms with Crippen LogP contribution < -0.4 is 9.47 Å². The highest BCUT2D eigenvalue weighted by molar-refractivity contribution is 9.10. The van der Waals surface area contributed by atoms with Gasteiger partial charge in [0, 0.05) is 11.1 Å². The first-order chi connectivity index (χ1) is 18.0. The highest BCUT2D eigenvalue weighted by Gasteiger charge is 2.33. The second-order valence-corrected chi connectivity index (χ2v) is 9.80. The van der Waals surface area contributed by atoms with E-state index in [1.165, 1.54) is 23.9 Å². The minimum atomic E-state index is -0.297. The van der Waals surface area contributed by atoms with Crippen molar-refractivity contribution in [2.45, 2.75) is 13.5 Å². The number of halogens is 2. The number of amidine groups is 1. The van der Waals surface area contributed by atoms with Crippen molar-refractivity contribution in [1.29, 1.82) is 0 Å². The molecule has 0 aliphatic carbocycles. The number of carbonyl (C=O) groups excluding carboxylic acids is 1. The Bertz CT molecular complexity index is 1300. The predicted molar refractivity (Wildman–Crippen MR) is 149 cm³/mol. The summed E-state index contributed by atoms with van der Waals surface area (Å²) >= 11 is 4.91. The summed E-state index contributed by atoms with van der Waals surface area (Å²) in [6.07, 6.45) is 1.81. The van der Waals surface area contributed by atoms with E-state index in [1.807, 2.05) is 49.4 Å². The fourth-order valence-electron chi connectivity index (χ4n) is 3.52. The van der Waals surface area contributed by atoms with Gasteiger partial charge in [0.2, 0.25) is 0 Å². The van der Waals surface area contributed by atoms with Crippen molar-refractivity contribution in [2.24, 2.45) is 4.99 Å². The average molecular weight is 585 g/mol. The van der Waals surface area contributed by atoms with E-state index in [2.05, 4.69) is 15.9 Å². The van der Waals surface area contributed by atoms with Crippen molar-refractivity contribution >= 4 is 50.5 Å². The summed E-state index contributed by atoms with van der Waals surface area (Å²) in [5.74, 6) is 0.603. The molecule has 1 heterocycles. The van der Waals surface area contributed by atoms with E-state index in [-0.39, 0.29) is 18.3 Å². The molecule has 1 saturated heterocycles. The van der Waals surface area contributed by atoms with E-state index in [0.29, 0.717) is 41.3 Å². The van der Waals surface area contributed by atoms with Crippen molar-refractivity contribution in [1.82, 2.24) is 4.90 Å². The minimum absolute atomic E-state index is 0.137. The van der Waals surface area contributed by atoms with E-state index in [4.69, 9.17) is 19.2 Å². The van der Waals surface area contributed by atoms with Gasteiger partial charge < -0.3 is 14.2 Å². The first kappa shape index (κ1) is 26.9. The number of benzene rings is 3. The Balaban J connectivity index is 1.59. The van der Waals surface area contributed by atoms with Gasteiger partial charge in [0.15, 0.2) is 16.7 Å². The summed E-state index contributed by atoms with van der Waals surface area (Å²) < 4.78 is 30.9. The SMILES string of the molecule is CCOCCN1C(=O)/C(=C/c2cc(OC)c(OCc3ccc(F)cc3)cc2Br)SC1=Nc1ccccc1. The molecule has 0 bridgehead atoms. The van der Waals surface area contributed by atoms with E-state index in [1.54, 1.807) is 30.2 Å². The third-order valence-corrected chi connectivity index (χ3v) is 7.10. The largest absolute Gasteiger partial charge is 0.493 e. The monoisotopic (exact) mass is 584 g/mol. The predicted octanol–water partition coefficient (Wildman–Crippen LogP) is 6.82. The van der Waals surface area contributed by atoms with Crippen LogP contribution in [0.5, 0.6) is 11.5 Å². The first-order valence-corrected chi connectivity index (χ1v) is 13.3. The normalized spacial score (nSPS) is 15.6. The van der Waals surface area contributed by atoms with Gasteiger partial charge in [-0.25, -0.2) is 9.38 Å². The van der Waals surface area contributed by atoms with Gasteiger partial charge in [0.1, 0.15) is 12.4 Å². The maximum absolute atomic E-state index is 13.3. The number of hydrogen-bond donors (Lipinski definition) is 0. The van der Waals surface area contributed by atoms with Crippen molar-refractivity contribution in [3.8, 4) is 11.5 Å². The van der Waals surface area contributed by atoms with Gasteiger partial charge in [0.05, 0.1) is 30.9 Å². The van der Waals surface area contributed by atoms with Crippen LogP contribution in [0.25, 0.3) is 6.08 Å². The van der Waals surface area contributed by atoms with Gasteiger partial charge in [-0.2, -0.15) is 0 Å². The maximum atomic E-state index is 13.3. The topological polar surface area (TPSA) is 60.4 Å². The number of hydrogen-bond acceptors (Lipinski definition) is 6. The summed E-state index contributed by atoms with van der Waals surface area (Å²) in [4.78, 5) is 20.2. The van der Waals surface area contributed by atoms with Gasteiger partial charge in [-0.15, -0.1) is 0 Å². The number of thioether (sulfide) groups is 1. The molecule has 1 aliphatic rings. The summed E-state index contributed by atoms with van der Waals surface area (Å²) in [5.41, 5.74) is 2.36. The Morgan fingerprint density at radius 1 is 1.08 bits per heavy atom. The van der Waals surface area contributed by atoms with Crippen LogP contribution in [0.3, 0.4) is 0 Å². The molecule has 4 rings (SSSR count). The molecule has 3 aromatic carbocycles. The van der Waals surface area contributed by atoms with Gasteiger partial charge >= 0.3 is 0 Å². The lowest BCUT2D eigenvalue weighted by atomic mass is 10.1. The second kappa shape index (κ2) is 12.9. The van der Waals surface area contributed by atoms with Crippen LogP contribution in [-0.4, -0.2) is 42.8 Å². The van der Waals surface area contributed by atoms with Crippen LogP contribution >= 0.6 is 27.7 Å². The van der Waals surface area contributed by atoms with E-state index in [0.717, 1.165) is 21.3 Å². The number of carbonyl (C=O) groups is 1. The molecule has 0 radical (unpaired) electrons. The van der Waals surface area contributed by atoms with Crippen LogP contribution in [0, 0.1) is 5.82 Å². The van der Waals surface area contributed by atoms with E-state index >= 15 is 0 Å². The molecular weight excluding hydrogens is 559 g/mol. The molecule has 3 aromatic rings. The van der Waals surface area contributed by atoms with Crippen molar-refractivity contribution < 1.29 is 23.4 Å². The molecule has 0 spiro atoms. The van der Waals surface area contributed by atoms with Crippen molar-refractivity contribution in [3.63, 3.8) is 0 Å². The number of aliphatic imine (C=N–C) groups is 1. The Kier molecular flexibility index (Phi) is 9.38. The number of rotatable bonds is 10. The molecule has 0 unspecified atom stereocenters. The van der Waals surface area contributed by atoms with Gasteiger partial charge in [-0.3, -0.25) is 9.69 Å². The number of ether oxygens (including phenoxy) is 3. The van der Waals surface area contributed by atoms with Crippen molar-refractivity contribution in [3.05, 3.63) is 93.1 Å². The van der Waals surface area contributed by atoms with Crippen molar-refractivity contribution in [2.75, 3.05) is 26.9 Å². The zero-order valence-electron chi connectivity index (χ0n) is 20.4. The molecule has 37 heavy (non-hydrogen) atoms. The number of amides is 1. The lowest BCUT2D eigenvalue weighted by Crippen LogP contribution is -2.32. The fraction of sp³-hybridized carbons (Fsp3) is 0.214. The molecular formula is C28H26BrFN2O4S.